The van der Waals surface area contributed by atoms with Gasteiger partial charge in [0.2, 0.25) is 0 Å². The number of nitrogens with zero attached hydrogens (tertiary/aromatic N) is 2. The average molecular weight is 192 g/mol. The molecule has 0 atom stereocenters. The van der Waals surface area contributed by atoms with Crippen molar-refractivity contribution in [2.24, 2.45) is 0 Å². The standard InChI is InChI=1S/C5H8N2O2S2/c1-7(2)11(8,9)5-3-6-4-10-5/h3-4H,1-2H3. The van der Waals surface area contributed by atoms with Crippen LogP contribution in [0.5, 0.6) is 0 Å². The molecule has 11 heavy (non-hydrogen) atoms. The van der Waals surface area contributed by atoms with E-state index in [1.807, 2.05) is 0 Å². The summed E-state index contributed by atoms with van der Waals surface area (Å²) in [6.07, 6.45) is 1.35. The Labute approximate surface area is 69.5 Å². The molecule has 1 heterocycles. The van der Waals surface area contributed by atoms with Gasteiger partial charge in [-0.15, -0.1) is 11.3 Å². The van der Waals surface area contributed by atoms with E-state index in [9.17, 15) is 8.42 Å². The molecule has 1 aromatic rings. The second-order valence-electron chi connectivity index (χ2n) is 2.11. The van der Waals surface area contributed by atoms with Gasteiger partial charge < -0.3 is 0 Å². The van der Waals surface area contributed by atoms with Crippen LogP contribution in [0.2, 0.25) is 0 Å². The van der Waals surface area contributed by atoms with E-state index in [2.05, 4.69) is 4.98 Å². The molecule has 0 fully saturated rings. The van der Waals surface area contributed by atoms with E-state index in [0.29, 0.717) is 0 Å². The van der Waals surface area contributed by atoms with Crippen molar-refractivity contribution in [2.45, 2.75) is 4.21 Å². The van der Waals surface area contributed by atoms with Crippen LogP contribution in [0.25, 0.3) is 0 Å². The lowest BCUT2D eigenvalue weighted by atomic mass is 11.0. The summed E-state index contributed by atoms with van der Waals surface area (Å²) < 4.78 is 24.0. The first-order valence-electron chi connectivity index (χ1n) is 2.86. The fraction of sp³-hybridized carbons (Fsp3) is 0.400. The van der Waals surface area contributed by atoms with Crippen molar-refractivity contribution in [1.82, 2.24) is 9.29 Å². The zero-order valence-corrected chi connectivity index (χ0v) is 7.82. The summed E-state index contributed by atoms with van der Waals surface area (Å²) in [4.78, 5) is 3.68. The first-order chi connectivity index (χ1) is 5.05. The largest absolute Gasteiger partial charge is 0.253 e. The summed E-state index contributed by atoms with van der Waals surface area (Å²) >= 11 is 1.12. The third-order valence-corrected chi connectivity index (χ3v) is 4.21. The molecular formula is C5H8N2O2S2. The first-order valence-corrected chi connectivity index (χ1v) is 5.18. The lowest BCUT2D eigenvalue weighted by Crippen LogP contribution is -2.21. The molecule has 0 aliphatic rings. The van der Waals surface area contributed by atoms with Gasteiger partial charge in [0, 0.05) is 14.1 Å². The van der Waals surface area contributed by atoms with Crippen molar-refractivity contribution in [1.29, 1.82) is 0 Å². The quantitative estimate of drug-likeness (QED) is 0.681. The minimum absolute atomic E-state index is 0.280. The highest BCUT2D eigenvalue weighted by Gasteiger charge is 2.17. The zero-order chi connectivity index (χ0) is 8.48. The molecule has 6 heteroatoms. The minimum atomic E-state index is -3.24. The van der Waals surface area contributed by atoms with E-state index in [1.165, 1.54) is 30.1 Å². The van der Waals surface area contributed by atoms with Crippen molar-refractivity contribution in [3.8, 4) is 0 Å². The van der Waals surface area contributed by atoms with E-state index in [4.69, 9.17) is 0 Å². The Morgan fingerprint density at radius 3 is 2.55 bits per heavy atom. The van der Waals surface area contributed by atoms with Crippen molar-refractivity contribution < 1.29 is 8.42 Å². The second-order valence-corrected chi connectivity index (χ2v) is 5.37. The predicted molar refractivity (Wildman–Crippen MR) is 43.0 cm³/mol. The van der Waals surface area contributed by atoms with Crippen LogP contribution in [0.15, 0.2) is 15.9 Å². The average Bonchev–Trinajstić information content (AvgIpc) is 2.37. The molecule has 0 saturated heterocycles. The Balaban J connectivity index is 3.12. The van der Waals surface area contributed by atoms with Crippen molar-refractivity contribution in [3.05, 3.63) is 11.7 Å². The molecule has 1 rings (SSSR count). The van der Waals surface area contributed by atoms with Gasteiger partial charge in [0.15, 0.2) is 4.21 Å². The Bertz CT molecular complexity index is 314. The Hall–Kier alpha value is -0.460. The molecule has 0 spiro atoms. The zero-order valence-electron chi connectivity index (χ0n) is 6.18. The maximum absolute atomic E-state index is 11.3. The Morgan fingerprint density at radius 2 is 2.18 bits per heavy atom. The van der Waals surface area contributed by atoms with Crippen LogP contribution in [-0.2, 0) is 10.0 Å². The number of hydrogen-bond donors (Lipinski definition) is 0. The summed E-state index contributed by atoms with van der Waals surface area (Å²) in [6, 6.07) is 0. The van der Waals surface area contributed by atoms with Crippen LogP contribution < -0.4 is 0 Å². The number of thiazole rings is 1. The molecule has 0 aromatic carbocycles. The van der Waals surface area contributed by atoms with Crippen molar-refractivity contribution in [3.63, 3.8) is 0 Å². The Morgan fingerprint density at radius 1 is 1.55 bits per heavy atom. The summed E-state index contributed by atoms with van der Waals surface area (Å²) in [6.45, 7) is 0. The van der Waals surface area contributed by atoms with Crippen molar-refractivity contribution in [2.75, 3.05) is 14.1 Å². The van der Waals surface area contributed by atoms with Crippen LogP contribution in [0.4, 0.5) is 0 Å². The molecule has 0 amide bonds. The molecular weight excluding hydrogens is 184 g/mol. The fourth-order valence-corrected chi connectivity index (χ4v) is 2.48. The summed E-state index contributed by atoms with van der Waals surface area (Å²) in [5.41, 5.74) is 1.50. The molecule has 1 aromatic heterocycles. The monoisotopic (exact) mass is 192 g/mol. The maximum Gasteiger partial charge on any atom is 0.253 e. The molecule has 0 radical (unpaired) electrons. The number of aromatic nitrogens is 1. The van der Waals surface area contributed by atoms with E-state index in [-0.39, 0.29) is 4.21 Å². The number of rotatable bonds is 2. The van der Waals surface area contributed by atoms with Gasteiger partial charge in [0.05, 0.1) is 11.7 Å². The third kappa shape index (κ3) is 1.58. The lowest BCUT2D eigenvalue weighted by Gasteiger charge is -2.07. The molecule has 62 valence electrons. The molecule has 0 N–H and O–H groups in total. The Kier molecular flexibility index (Phi) is 2.26. The molecule has 0 aliphatic heterocycles. The summed E-state index contributed by atoms with van der Waals surface area (Å²) in [7, 11) is -0.254. The van der Waals surface area contributed by atoms with Gasteiger partial charge in [0.1, 0.15) is 0 Å². The SMILES string of the molecule is CN(C)S(=O)(=O)c1cncs1. The predicted octanol–water partition coefficient (Wildman–Crippen LogP) is 0.393. The normalized spacial score (nSPS) is 12.3. The lowest BCUT2D eigenvalue weighted by molar-refractivity contribution is 0.523. The van der Waals surface area contributed by atoms with Gasteiger partial charge in [-0.25, -0.2) is 12.7 Å². The maximum atomic E-state index is 11.3. The smallest absolute Gasteiger partial charge is 0.252 e. The fourth-order valence-electron chi connectivity index (χ4n) is 0.511. The third-order valence-electron chi connectivity index (χ3n) is 1.14. The van der Waals surface area contributed by atoms with Gasteiger partial charge in [0.25, 0.3) is 10.0 Å². The van der Waals surface area contributed by atoms with Crippen LogP contribution >= 0.6 is 11.3 Å². The second kappa shape index (κ2) is 2.88. The summed E-state index contributed by atoms with van der Waals surface area (Å²) in [5, 5.41) is 0. The molecule has 0 unspecified atom stereocenters. The van der Waals surface area contributed by atoms with Gasteiger partial charge in [-0.05, 0) is 0 Å². The van der Waals surface area contributed by atoms with Gasteiger partial charge >= 0.3 is 0 Å². The van der Waals surface area contributed by atoms with Crippen LogP contribution in [0.1, 0.15) is 0 Å². The van der Waals surface area contributed by atoms with E-state index < -0.39 is 10.0 Å². The van der Waals surface area contributed by atoms with Gasteiger partial charge in [-0.1, -0.05) is 0 Å². The topological polar surface area (TPSA) is 50.3 Å². The van der Waals surface area contributed by atoms with Crippen LogP contribution in [-0.4, -0.2) is 31.8 Å². The van der Waals surface area contributed by atoms with Crippen LogP contribution in [0.3, 0.4) is 0 Å². The highest BCUT2D eigenvalue weighted by Crippen LogP contribution is 2.16. The summed E-state index contributed by atoms with van der Waals surface area (Å²) in [5.74, 6) is 0. The number of hydrogen-bond acceptors (Lipinski definition) is 4. The molecule has 4 nitrogen and oxygen atoms in total. The first kappa shape index (κ1) is 8.63. The molecule has 0 aliphatic carbocycles. The molecule has 0 bridgehead atoms. The van der Waals surface area contributed by atoms with Crippen LogP contribution in [0, 0.1) is 0 Å². The van der Waals surface area contributed by atoms with E-state index >= 15 is 0 Å². The highest BCUT2D eigenvalue weighted by molar-refractivity contribution is 7.91. The molecule has 0 saturated carbocycles. The minimum Gasteiger partial charge on any atom is -0.252 e. The van der Waals surface area contributed by atoms with E-state index in [0.717, 1.165) is 11.3 Å². The van der Waals surface area contributed by atoms with Gasteiger partial charge in [-0.3, -0.25) is 4.98 Å². The number of sulfonamides is 1. The van der Waals surface area contributed by atoms with Gasteiger partial charge in [-0.2, -0.15) is 0 Å². The van der Waals surface area contributed by atoms with Crippen molar-refractivity contribution >= 4 is 21.4 Å². The van der Waals surface area contributed by atoms with E-state index in [1.54, 1.807) is 0 Å². The highest BCUT2D eigenvalue weighted by atomic mass is 32.2.